The maximum Gasteiger partial charge on any atom is 0.124 e. The van der Waals surface area contributed by atoms with Gasteiger partial charge >= 0.3 is 0 Å². The van der Waals surface area contributed by atoms with Crippen LogP contribution in [0.5, 0.6) is 0 Å². The number of nitrogens with zero attached hydrogens (tertiary/aromatic N) is 1. The van der Waals surface area contributed by atoms with E-state index in [4.69, 9.17) is 17.3 Å². The van der Waals surface area contributed by atoms with Crippen LogP contribution in [0.25, 0.3) is 0 Å². The molecule has 2 rings (SSSR count). The van der Waals surface area contributed by atoms with Crippen LogP contribution in [-0.2, 0) is 6.54 Å². The van der Waals surface area contributed by atoms with Crippen molar-refractivity contribution < 1.29 is 4.39 Å². The predicted octanol–water partition coefficient (Wildman–Crippen LogP) is 2.43. The summed E-state index contributed by atoms with van der Waals surface area (Å²) in [6.45, 7) is 2.65. The molecule has 1 aromatic rings. The van der Waals surface area contributed by atoms with Crippen molar-refractivity contribution in [2.24, 2.45) is 5.73 Å². The third kappa shape index (κ3) is 3.32. The highest BCUT2D eigenvalue weighted by molar-refractivity contribution is 6.31. The molecule has 0 bridgehead atoms. The van der Waals surface area contributed by atoms with Gasteiger partial charge in [0, 0.05) is 30.7 Å². The van der Waals surface area contributed by atoms with E-state index >= 15 is 0 Å². The van der Waals surface area contributed by atoms with E-state index < -0.39 is 0 Å². The van der Waals surface area contributed by atoms with Gasteiger partial charge in [0.25, 0.3) is 0 Å². The molecule has 1 heterocycles. The largest absolute Gasteiger partial charge is 0.326 e. The molecule has 0 saturated carbocycles. The summed E-state index contributed by atoms with van der Waals surface area (Å²) in [6.07, 6.45) is 1.03. The molecule has 0 spiro atoms. The third-order valence-electron chi connectivity index (χ3n) is 2.72. The summed E-state index contributed by atoms with van der Waals surface area (Å²) in [5.41, 5.74) is 6.77. The highest BCUT2D eigenvalue weighted by Gasteiger charge is 2.19. The van der Waals surface area contributed by atoms with Crippen molar-refractivity contribution in [1.29, 1.82) is 0 Å². The summed E-state index contributed by atoms with van der Waals surface area (Å²) in [7, 11) is 0. The Labute approximate surface area is 106 Å². The monoisotopic (exact) mass is 264 g/mol. The molecule has 0 aliphatic carbocycles. The second kappa shape index (κ2) is 5.82. The predicted molar refractivity (Wildman–Crippen MR) is 66.5 cm³/mol. The van der Waals surface area contributed by atoms with Gasteiger partial charge in [-0.05, 0) is 24.1 Å². The number of nitrogens with two attached hydrogens (primary N) is 1. The van der Waals surface area contributed by atoms with Gasteiger partial charge in [-0.3, -0.25) is 4.90 Å². The standard InChI is InChI=1S/C11H14ClFN2.ClH/c12-11-5-9(13)2-1-8(11)6-15-4-3-10(14)7-15;/h1-2,5,10H,3-4,6-7,14H2;1H/t10-;/m1./s1. The molecule has 0 radical (unpaired) electrons. The Morgan fingerprint density at radius 3 is 2.81 bits per heavy atom. The minimum atomic E-state index is -0.290. The van der Waals surface area contributed by atoms with Crippen LogP contribution in [-0.4, -0.2) is 24.0 Å². The molecule has 0 aromatic heterocycles. The Morgan fingerprint density at radius 1 is 1.50 bits per heavy atom. The van der Waals surface area contributed by atoms with E-state index in [0.717, 1.165) is 31.6 Å². The first kappa shape index (κ1) is 13.7. The van der Waals surface area contributed by atoms with Crippen molar-refractivity contribution in [2.45, 2.75) is 19.0 Å². The molecule has 1 aliphatic rings. The topological polar surface area (TPSA) is 29.3 Å². The van der Waals surface area contributed by atoms with E-state index in [1.165, 1.54) is 12.1 Å². The van der Waals surface area contributed by atoms with Crippen molar-refractivity contribution in [1.82, 2.24) is 4.90 Å². The van der Waals surface area contributed by atoms with Gasteiger partial charge in [-0.2, -0.15) is 0 Å². The first-order valence-corrected chi connectivity index (χ1v) is 5.45. The van der Waals surface area contributed by atoms with Crippen molar-refractivity contribution in [3.63, 3.8) is 0 Å². The number of likely N-dealkylation sites (tertiary alicyclic amines) is 1. The zero-order valence-electron chi connectivity index (χ0n) is 8.83. The zero-order chi connectivity index (χ0) is 10.8. The fraction of sp³-hybridized carbons (Fsp3) is 0.455. The van der Waals surface area contributed by atoms with Gasteiger partial charge in [-0.1, -0.05) is 17.7 Å². The molecule has 16 heavy (non-hydrogen) atoms. The lowest BCUT2D eigenvalue weighted by molar-refractivity contribution is 0.327. The molecule has 2 N–H and O–H groups in total. The van der Waals surface area contributed by atoms with Crippen LogP contribution in [0.4, 0.5) is 4.39 Å². The summed E-state index contributed by atoms with van der Waals surface area (Å²) in [5, 5.41) is 0.496. The van der Waals surface area contributed by atoms with Crippen LogP contribution in [0.3, 0.4) is 0 Å². The second-order valence-corrected chi connectivity index (χ2v) is 4.43. The van der Waals surface area contributed by atoms with Gasteiger partial charge in [0.05, 0.1) is 0 Å². The average Bonchev–Trinajstić information content (AvgIpc) is 2.56. The molecule has 90 valence electrons. The maximum absolute atomic E-state index is 12.8. The van der Waals surface area contributed by atoms with Crippen LogP contribution in [0.1, 0.15) is 12.0 Å². The quantitative estimate of drug-likeness (QED) is 0.889. The number of hydrogen-bond acceptors (Lipinski definition) is 2. The lowest BCUT2D eigenvalue weighted by atomic mass is 10.2. The van der Waals surface area contributed by atoms with Gasteiger partial charge in [0.15, 0.2) is 0 Å². The van der Waals surface area contributed by atoms with Gasteiger partial charge in [0.1, 0.15) is 5.82 Å². The molecular weight excluding hydrogens is 250 g/mol. The highest BCUT2D eigenvalue weighted by atomic mass is 35.5. The summed E-state index contributed by atoms with van der Waals surface area (Å²) in [6, 6.07) is 4.80. The van der Waals surface area contributed by atoms with Crippen molar-refractivity contribution >= 4 is 24.0 Å². The van der Waals surface area contributed by atoms with E-state index in [1.54, 1.807) is 6.07 Å². The highest BCUT2D eigenvalue weighted by Crippen LogP contribution is 2.20. The number of hydrogen-bond donors (Lipinski definition) is 1. The molecule has 5 heteroatoms. The number of halogens is 3. The molecule has 0 amide bonds. The van der Waals surface area contributed by atoms with Gasteiger partial charge < -0.3 is 5.73 Å². The molecule has 1 aromatic carbocycles. The Balaban J connectivity index is 0.00000128. The Kier molecular flexibility index (Phi) is 4.99. The lowest BCUT2D eigenvalue weighted by Gasteiger charge is -2.15. The Bertz CT molecular complexity index is 360. The summed E-state index contributed by atoms with van der Waals surface area (Å²) < 4.78 is 12.8. The molecule has 1 fully saturated rings. The first-order chi connectivity index (χ1) is 7.15. The van der Waals surface area contributed by atoms with Crippen molar-refractivity contribution in [2.75, 3.05) is 13.1 Å². The summed E-state index contributed by atoms with van der Waals surface area (Å²) in [4.78, 5) is 2.24. The van der Waals surface area contributed by atoms with Gasteiger partial charge in [-0.15, -0.1) is 12.4 Å². The van der Waals surface area contributed by atoms with E-state index in [1.807, 2.05) is 0 Å². The molecule has 0 unspecified atom stereocenters. The van der Waals surface area contributed by atoms with Crippen LogP contribution in [0.2, 0.25) is 5.02 Å². The smallest absolute Gasteiger partial charge is 0.124 e. The molecule has 1 saturated heterocycles. The average molecular weight is 265 g/mol. The molecule has 2 nitrogen and oxygen atoms in total. The lowest BCUT2D eigenvalue weighted by Crippen LogP contribution is -2.26. The zero-order valence-corrected chi connectivity index (χ0v) is 10.4. The van der Waals surface area contributed by atoms with E-state index in [9.17, 15) is 4.39 Å². The fourth-order valence-corrected chi connectivity index (χ4v) is 2.12. The van der Waals surface area contributed by atoms with Crippen LogP contribution >= 0.6 is 24.0 Å². The minimum absolute atomic E-state index is 0. The number of benzene rings is 1. The third-order valence-corrected chi connectivity index (χ3v) is 3.07. The fourth-order valence-electron chi connectivity index (χ4n) is 1.90. The van der Waals surface area contributed by atoms with Crippen LogP contribution in [0, 0.1) is 5.82 Å². The normalized spacial score (nSPS) is 20.8. The maximum atomic E-state index is 12.8. The first-order valence-electron chi connectivity index (χ1n) is 5.07. The number of rotatable bonds is 2. The van der Waals surface area contributed by atoms with E-state index in [0.29, 0.717) is 5.02 Å². The van der Waals surface area contributed by atoms with E-state index in [-0.39, 0.29) is 24.3 Å². The van der Waals surface area contributed by atoms with Gasteiger partial charge in [-0.25, -0.2) is 4.39 Å². The van der Waals surface area contributed by atoms with Crippen LogP contribution in [0.15, 0.2) is 18.2 Å². The molecule has 1 atom stereocenters. The molecular formula is C11H15Cl2FN2. The summed E-state index contributed by atoms with van der Waals surface area (Å²) in [5.74, 6) is -0.290. The van der Waals surface area contributed by atoms with Crippen molar-refractivity contribution in [3.05, 3.63) is 34.6 Å². The van der Waals surface area contributed by atoms with Crippen molar-refractivity contribution in [3.8, 4) is 0 Å². The summed E-state index contributed by atoms with van der Waals surface area (Å²) >= 11 is 5.95. The van der Waals surface area contributed by atoms with Gasteiger partial charge in [0.2, 0.25) is 0 Å². The van der Waals surface area contributed by atoms with Crippen LogP contribution < -0.4 is 5.73 Å². The SMILES string of the molecule is Cl.N[C@@H]1CCN(Cc2ccc(F)cc2Cl)C1. The Morgan fingerprint density at radius 2 is 2.25 bits per heavy atom. The van der Waals surface area contributed by atoms with E-state index in [2.05, 4.69) is 4.90 Å². The minimum Gasteiger partial charge on any atom is -0.326 e. The second-order valence-electron chi connectivity index (χ2n) is 4.02. The Hall–Kier alpha value is -0.350. The molecule has 1 aliphatic heterocycles.